The molecule has 4 heteroatoms. The summed E-state index contributed by atoms with van der Waals surface area (Å²) in [6.45, 7) is 0. The molecule has 0 saturated heterocycles. The number of halogens is 2. The fraction of sp³-hybridized carbons (Fsp3) is 0. The molecule has 0 amide bonds. The standard InChI is InChI=1S/C13H9F2NO/c14-10-3-4-11(12(15)6-10)8-1-2-9(7-17)13(16)5-8/h1-7H,16H2. The van der Waals surface area contributed by atoms with Crippen LogP contribution in [0.4, 0.5) is 14.5 Å². The third kappa shape index (κ3) is 2.15. The number of benzene rings is 2. The van der Waals surface area contributed by atoms with Gasteiger partial charge in [0, 0.05) is 22.9 Å². The molecule has 2 aromatic carbocycles. The lowest BCUT2D eigenvalue weighted by atomic mass is 10.0. The Bertz CT molecular complexity index is 582. The monoisotopic (exact) mass is 233 g/mol. The molecule has 2 N–H and O–H groups in total. The molecule has 0 aliphatic carbocycles. The molecule has 2 nitrogen and oxygen atoms in total. The van der Waals surface area contributed by atoms with Crippen LogP contribution in [0.3, 0.4) is 0 Å². The normalized spacial score (nSPS) is 10.2. The van der Waals surface area contributed by atoms with Crippen molar-refractivity contribution in [2.45, 2.75) is 0 Å². The lowest BCUT2D eigenvalue weighted by molar-refractivity contribution is 0.112. The second kappa shape index (κ2) is 4.33. The molecule has 0 fully saturated rings. The van der Waals surface area contributed by atoms with Gasteiger partial charge < -0.3 is 5.73 Å². The number of carbonyl (C=O) groups is 1. The van der Waals surface area contributed by atoms with Gasteiger partial charge in [-0.3, -0.25) is 4.79 Å². The smallest absolute Gasteiger partial charge is 0.152 e. The van der Waals surface area contributed by atoms with Crippen LogP contribution in [0.2, 0.25) is 0 Å². The predicted molar refractivity (Wildman–Crippen MR) is 61.6 cm³/mol. The zero-order valence-corrected chi connectivity index (χ0v) is 8.78. The van der Waals surface area contributed by atoms with E-state index in [0.29, 0.717) is 17.4 Å². The lowest BCUT2D eigenvalue weighted by Crippen LogP contribution is -1.94. The van der Waals surface area contributed by atoms with Gasteiger partial charge >= 0.3 is 0 Å². The van der Waals surface area contributed by atoms with Crippen molar-refractivity contribution in [1.82, 2.24) is 0 Å². The van der Waals surface area contributed by atoms with Gasteiger partial charge in [0.25, 0.3) is 0 Å². The highest BCUT2D eigenvalue weighted by Gasteiger charge is 2.08. The molecular weight excluding hydrogens is 224 g/mol. The Hall–Kier alpha value is -2.23. The number of carbonyl (C=O) groups excluding carboxylic acids is 1. The quantitative estimate of drug-likeness (QED) is 0.640. The van der Waals surface area contributed by atoms with E-state index >= 15 is 0 Å². The van der Waals surface area contributed by atoms with Gasteiger partial charge in [-0.25, -0.2) is 8.78 Å². The van der Waals surface area contributed by atoms with Crippen molar-refractivity contribution in [1.29, 1.82) is 0 Å². The van der Waals surface area contributed by atoms with Crippen molar-refractivity contribution in [3.63, 3.8) is 0 Å². The van der Waals surface area contributed by atoms with Crippen molar-refractivity contribution in [2.24, 2.45) is 0 Å². The number of nitrogens with two attached hydrogens (primary N) is 1. The molecule has 0 atom stereocenters. The summed E-state index contributed by atoms with van der Waals surface area (Å²) in [5, 5.41) is 0. The van der Waals surface area contributed by atoms with E-state index in [0.717, 1.165) is 6.07 Å². The van der Waals surface area contributed by atoms with Crippen LogP contribution >= 0.6 is 0 Å². The molecule has 0 aliphatic rings. The van der Waals surface area contributed by atoms with Crippen LogP contribution in [0.15, 0.2) is 36.4 Å². The van der Waals surface area contributed by atoms with Crippen LogP contribution in [-0.4, -0.2) is 6.29 Å². The van der Waals surface area contributed by atoms with E-state index in [1.54, 1.807) is 6.07 Å². The summed E-state index contributed by atoms with van der Waals surface area (Å²) < 4.78 is 26.3. The Morgan fingerprint density at radius 2 is 1.82 bits per heavy atom. The molecule has 2 rings (SSSR count). The van der Waals surface area contributed by atoms with Crippen LogP contribution in [0, 0.1) is 11.6 Å². The fourth-order valence-corrected chi connectivity index (χ4v) is 1.57. The Labute approximate surface area is 96.7 Å². The summed E-state index contributed by atoms with van der Waals surface area (Å²) in [5.74, 6) is -1.30. The van der Waals surface area contributed by atoms with Crippen molar-refractivity contribution < 1.29 is 13.6 Å². The van der Waals surface area contributed by atoms with Gasteiger partial charge in [-0.2, -0.15) is 0 Å². The molecule has 0 aromatic heterocycles. The first-order chi connectivity index (χ1) is 8.11. The molecule has 0 unspecified atom stereocenters. The Kier molecular flexibility index (Phi) is 2.87. The van der Waals surface area contributed by atoms with Crippen LogP contribution in [-0.2, 0) is 0 Å². The number of aldehydes is 1. The topological polar surface area (TPSA) is 43.1 Å². The first-order valence-corrected chi connectivity index (χ1v) is 4.92. The van der Waals surface area contributed by atoms with Crippen molar-refractivity contribution in [3.05, 3.63) is 53.6 Å². The highest BCUT2D eigenvalue weighted by atomic mass is 19.1. The third-order valence-electron chi connectivity index (χ3n) is 2.46. The molecular formula is C13H9F2NO. The first-order valence-electron chi connectivity index (χ1n) is 4.92. The maximum atomic E-state index is 13.5. The van der Waals surface area contributed by atoms with E-state index in [2.05, 4.69) is 0 Å². The predicted octanol–water partition coefficient (Wildman–Crippen LogP) is 3.03. The van der Waals surface area contributed by atoms with Crippen LogP contribution in [0.1, 0.15) is 10.4 Å². The second-order valence-corrected chi connectivity index (χ2v) is 3.59. The lowest BCUT2D eigenvalue weighted by Gasteiger charge is -2.06. The zero-order chi connectivity index (χ0) is 12.4. The van der Waals surface area contributed by atoms with Gasteiger partial charge in [-0.1, -0.05) is 6.07 Å². The molecule has 2 aromatic rings. The minimum atomic E-state index is -0.664. The minimum absolute atomic E-state index is 0.246. The average molecular weight is 233 g/mol. The summed E-state index contributed by atoms with van der Waals surface area (Å²) in [6, 6.07) is 7.86. The van der Waals surface area contributed by atoms with Gasteiger partial charge in [0.15, 0.2) is 6.29 Å². The highest BCUT2D eigenvalue weighted by molar-refractivity contribution is 5.85. The van der Waals surface area contributed by atoms with E-state index in [1.165, 1.54) is 24.3 Å². The Balaban J connectivity index is 2.53. The molecule has 0 aliphatic heterocycles. The number of anilines is 1. The van der Waals surface area contributed by atoms with Crippen molar-refractivity contribution in [3.8, 4) is 11.1 Å². The summed E-state index contributed by atoms with van der Waals surface area (Å²) in [4.78, 5) is 10.6. The summed E-state index contributed by atoms with van der Waals surface area (Å²) in [6.07, 6.45) is 0.625. The van der Waals surface area contributed by atoms with Gasteiger partial charge in [-0.15, -0.1) is 0 Å². The fourth-order valence-electron chi connectivity index (χ4n) is 1.57. The van der Waals surface area contributed by atoms with E-state index in [1.807, 2.05) is 0 Å². The summed E-state index contributed by atoms with van der Waals surface area (Å²) >= 11 is 0. The average Bonchev–Trinajstić information content (AvgIpc) is 2.29. The summed E-state index contributed by atoms with van der Waals surface area (Å²) in [5.41, 5.74) is 6.98. The van der Waals surface area contributed by atoms with Crippen molar-refractivity contribution >= 4 is 12.0 Å². The highest BCUT2D eigenvalue weighted by Crippen LogP contribution is 2.26. The summed E-state index contributed by atoms with van der Waals surface area (Å²) in [7, 11) is 0. The van der Waals surface area contributed by atoms with Crippen LogP contribution < -0.4 is 5.73 Å². The molecule has 0 radical (unpaired) electrons. The van der Waals surface area contributed by atoms with Gasteiger partial charge in [0.1, 0.15) is 11.6 Å². The van der Waals surface area contributed by atoms with Gasteiger partial charge in [0.2, 0.25) is 0 Å². The molecule has 0 saturated carbocycles. The third-order valence-corrected chi connectivity index (χ3v) is 2.46. The number of hydrogen-bond acceptors (Lipinski definition) is 2. The molecule has 0 heterocycles. The number of nitrogen functional groups attached to an aromatic ring is 1. The van der Waals surface area contributed by atoms with Crippen molar-refractivity contribution in [2.75, 3.05) is 5.73 Å². The Morgan fingerprint density at radius 3 is 2.41 bits per heavy atom. The Morgan fingerprint density at radius 1 is 1.06 bits per heavy atom. The number of hydrogen-bond donors (Lipinski definition) is 1. The van der Waals surface area contributed by atoms with Gasteiger partial charge in [-0.05, 0) is 29.8 Å². The zero-order valence-electron chi connectivity index (χ0n) is 8.78. The number of rotatable bonds is 2. The SMILES string of the molecule is Nc1cc(-c2ccc(F)cc2F)ccc1C=O. The van der Waals surface area contributed by atoms with E-state index < -0.39 is 11.6 Å². The minimum Gasteiger partial charge on any atom is -0.398 e. The van der Waals surface area contributed by atoms with Gasteiger partial charge in [0.05, 0.1) is 0 Å². The maximum Gasteiger partial charge on any atom is 0.152 e. The van der Waals surface area contributed by atoms with Crippen LogP contribution in [0.5, 0.6) is 0 Å². The molecule has 0 spiro atoms. The molecule has 0 bridgehead atoms. The largest absolute Gasteiger partial charge is 0.398 e. The second-order valence-electron chi connectivity index (χ2n) is 3.59. The van der Waals surface area contributed by atoms with E-state index in [-0.39, 0.29) is 11.3 Å². The van der Waals surface area contributed by atoms with Crippen LogP contribution in [0.25, 0.3) is 11.1 Å². The molecule has 17 heavy (non-hydrogen) atoms. The maximum absolute atomic E-state index is 13.5. The molecule has 86 valence electrons. The van der Waals surface area contributed by atoms with E-state index in [4.69, 9.17) is 5.73 Å². The first kappa shape index (κ1) is 11.3. The van der Waals surface area contributed by atoms with E-state index in [9.17, 15) is 13.6 Å².